The molecular formula is C3ClF5. The minimum Gasteiger partial charge on any atom is -0.197 e. The maximum absolute atomic E-state index is 11.3. The minimum atomic E-state index is -5.31. The highest BCUT2D eigenvalue weighted by molar-refractivity contribution is 6.28. The first-order valence-corrected chi connectivity index (χ1v) is 2.01. The van der Waals surface area contributed by atoms with Crippen molar-refractivity contribution < 1.29 is 22.0 Å². The van der Waals surface area contributed by atoms with Crippen molar-refractivity contribution in [2.24, 2.45) is 0 Å². The lowest BCUT2D eigenvalue weighted by Gasteiger charge is -1.99. The Labute approximate surface area is 51.9 Å². The monoisotopic (exact) mass is 166 g/mol. The molecule has 0 heterocycles. The Balaban J connectivity index is 4.40. The zero-order valence-corrected chi connectivity index (χ0v) is 4.52. The molecule has 0 aromatic heterocycles. The number of rotatable bonds is 0. The van der Waals surface area contributed by atoms with E-state index in [1.54, 1.807) is 0 Å². The Morgan fingerprint density at radius 2 is 1.44 bits per heavy atom. The van der Waals surface area contributed by atoms with Crippen molar-refractivity contribution in [2.45, 2.75) is 6.18 Å². The van der Waals surface area contributed by atoms with Crippen molar-refractivity contribution in [3.05, 3.63) is 11.1 Å². The summed E-state index contributed by atoms with van der Waals surface area (Å²) in [6, 6.07) is 0. The molecule has 0 amide bonds. The third-order valence-electron chi connectivity index (χ3n) is 0.415. The van der Waals surface area contributed by atoms with Crippen molar-refractivity contribution in [1.29, 1.82) is 0 Å². The van der Waals surface area contributed by atoms with Gasteiger partial charge >= 0.3 is 6.18 Å². The second kappa shape index (κ2) is 2.51. The molecule has 0 aromatic rings. The van der Waals surface area contributed by atoms with Gasteiger partial charge in [-0.25, -0.2) is 0 Å². The van der Waals surface area contributed by atoms with Crippen LogP contribution in [0.2, 0.25) is 0 Å². The van der Waals surface area contributed by atoms with Crippen molar-refractivity contribution >= 4 is 11.6 Å². The Morgan fingerprint density at radius 3 is 1.44 bits per heavy atom. The van der Waals surface area contributed by atoms with Crippen molar-refractivity contribution in [2.75, 3.05) is 0 Å². The van der Waals surface area contributed by atoms with E-state index in [4.69, 9.17) is 0 Å². The third-order valence-corrected chi connectivity index (χ3v) is 0.581. The van der Waals surface area contributed by atoms with Gasteiger partial charge in [0.25, 0.3) is 5.83 Å². The molecule has 54 valence electrons. The predicted molar refractivity (Wildman–Crippen MR) is 21.2 cm³/mol. The average Bonchev–Trinajstić information content (AvgIpc) is 1.62. The quantitative estimate of drug-likeness (QED) is 0.486. The van der Waals surface area contributed by atoms with Gasteiger partial charge in [-0.15, -0.1) is 0 Å². The van der Waals surface area contributed by atoms with Crippen LogP contribution < -0.4 is 0 Å². The molecular weight excluding hydrogens is 166 g/mol. The number of halogens is 6. The van der Waals surface area contributed by atoms with E-state index in [1.807, 2.05) is 0 Å². The molecule has 0 aliphatic carbocycles. The van der Waals surface area contributed by atoms with Crippen molar-refractivity contribution in [1.82, 2.24) is 0 Å². The van der Waals surface area contributed by atoms with Crippen LogP contribution in [-0.4, -0.2) is 6.18 Å². The van der Waals surface area contributed by atoms with Crippen LogP contribution in [0.3, 0.4) is 0 Å². The van der Waals surface area contributed by atoms with Gasteiger partial charge in [0.1, 0.15) is 0 Å². The molecule has 0 saturated heterocycles. The fourth-order valence-corrected chi connectivity index (χ4v) is 0.214. The molecule has 0 aliphatic heterocycles. The van der Waals surface area contributed by atoms with Gasteiger partial charge in [0.15, 0.2) is 0 Å². The molecule has 0 spiro atoms. The molecule has 0 saturated carbocycles. The summed E-state index contributed by atoms with van der Waals surface area (Å²) in [4.78, 5) is 0. The Morgan fingerprint density at radius 1 is 1.11 bits per heavy atom. The number of hydrogen-bond acceptors (Lipinski definition) is 0. The smallest absolute Gasteiger partial charge is 0.197 e. The fraction of sp³-hybridized carbons (Fsp3) is 0.333. The number of hydrogen-bond donors (Lipinski definition) is 0. The first kappa shape index (κ1) is 8.68. The van der Waals surface area contributed by atoms with Gasteiger partial charge in [-0.05, 0) is 11.6 Å². The summed E-state index contributed by atoms with van der Waals surface area (Å²) in [6.45, 7) is 0. The van der Waals surface area contributed by atoms with Crippen LogP contribution in [0.1, 0.15) is 0 Å². The van der Waals surface area contributed by atoms with Crippen LogP contribution in [0, 0.1) is 0 Å². The van der Waals surface area contributed by atoms with Crippen LogP contribution in [-0.2, 0) is 0 Å². The lowest BCUT2D eigenvalue weighted by atomic mass is 10.6. The molecule has 0 aromatic carbocycles. The highest BCUT2D eigenvalue weighted by Gasteiger charge is 2.37. The van der Waals surface area contributed by atoms with Gasteiger partial charge < -0.3 is 0 Å². The van der Waals surface area contributed by atoms with E-state index in [0.29, 0.717) is 0 Å². The molecule has 0 unspecified atom stereocenters. The van der Waals surface area contributed by atoms with Gasteiger partial charge in [-0.1, -0.05) is 0 Å². The molecule has 0 rings (SSSR count). The highest BCUT2D eigenvalue weighted by atomic mass is 35.5. The third kappa shape index (κ3) is 2.64. The Kier molecular flexibility index (Phi) is 2.42. The SMILES string of the molecule is F/C(Cl)=C(\F)C(F)(F)F. The second-order valence-corrected chi connectivity index (χ2v) is 1.40. The van der Waals surface area contributed by atoms with Gasteiger partial charge in [0.2, 0.25) is 5.29 Å². The van der Waals surface area contributed by atoms with Crippen molar-refractivity contribution in [3.63, 3.8) is 0 Å². The first-order valence-electron chi connectivity index (χ1n) is 1.63. The van der Waals surface area contributed by atoms with E-state index in [1.165, 1.54) is 0 Å². The van der Waals surface area contributed by atoms with E-state index in [0.717, 1.165) is 0 Å². The van der Waals surface area contributed by atoms with Crippen LogP contribution >= 0.6 is 11.6 Å². The molecule has 0 aliphatic rings. The van der Waals surface area contributed by atoms with Gasteiger partial charge in [-0.3, -0.25) is 0 Å². The molecule has 9 heavy (non-hydrogen) atoms. The second-order valence-electron chi connectivity index (χ2n) is 1.07. The molecule has 0 bridgehead atoms. The zero-order valence-electron chi connectivity index (χ0n) is 3.77. The summed E-state index contributed by atoms with van der Waals surface area (Å²) in [6.07, 6.45) is -5.31. The summed E-state index contributed by atoms with van der Waals surface area (Å²) in [5, 5.41) is -2.37. The average molecular weight is 166 g/mol. The Hall–Kier alpha value is -0.320. The number of allylic oxidation sites excluding steroid dienone is 1. The lowest BCUT2D eigenvalue weighted by Crippen LogP contribution is -2.08. The highest BCUT2D eigenvalue weighted by Crippen LogP contribution is 2.30. The molecule has 0 fully saturated rings. The van der Waals surface area contributed by atoms with E-state index >= 15 is 0 Å². The van der Waals surface area contributed by atoms with E-state index in [2.05, 4.69) is 11.6 Å². The van der Waals surface area contributed by atoms with Crippen LogP contribution in [0.4, 0.5) is 22.0 Å². The summed E-state index contributed by atoms with van der Waals surface area (Å²) < 4.78 is 55.2. The standard InChI is InChI=1S/C3ClF5/c4-2(6)1(5)3(7,8)9/b2-1-. The zero-order chi connectivity index (χ0) is 7.65. The molecule has 0 atom stereocenters. The summed E-state index contributed by atoms with van der Waals surface area (Å²) in [7, 11) is 0. The van der Waals surface area contributed by atoms with Crippen molar-refractivity contribution in [3.8, 4) is 0 Å². The molecule has 0 nitrogen and oxygen atoms in total. The van der Waals surface area contributed by atoms with Crippen LogP contribution in [0.5, 0.6) is 0 Å². The Bertz CT molecular complexity index is 130. The lowest BCUT2D eigenvalue weighted by molar-refractivity contribution is -0.110. The van der Waals surface area contributed by atoms with Gasteiger partial charge in [-0.2, -0.15) is 22.0 Å². The van der Waals surface area contributed by atoms with E-state index < -0.39 is 17.3 Å². The van der Waals surface area contributed by atoms with Crippen LogP contribution in [0.25, 0.3) is 0 Å². The maximum atomic E-state index is 11.3. The van der Waals surface area contributed by atoms with Crippen LogP contribution in [0.15, 0.2) is 11.1 Å². The summed E-state index contributed by atoms with van der Waals surface area (Å²) >= 11 is 4.03. The fourth-order valence-electron chi connectivity index (χ4n) is 0.107. The first-order chi connectivity index (χ1) is 3.85. The number of alkyl halides is 3. The predicted octanol–water partition coefficient (Wildman–Crippen LogP) is 2.90. The largest absolute Gasteiger partial charge is 0.446 e. The normalized spacial score (nSPS) is 15.3. The molecule has 0 radical (unpaired) electrons. The van der Waals surface area contributed by atoms with Gasteiger partial charge in [0.05, 0.1) is 0 Å². The van der Waals surface area contributed by atoms with E-state index in [-0.39, 0.29) is 0 Å². The summed E-state index contributed by atoms with van der Waals surface area (Å²) in [5.74, 6) is -2.90. The van der Waals surface area contributed by atoms with E-state index in [9.17, 15) is 22.0 Å². The minimum absolute atomic E-state index is 2.37. The van der Waals surface area contributed by atoms with Gasteiger partial charge in [0, 0.05) is 0 Å². The molecule has 6 heteroatoms. The topological polar surface area (TPSA) is 0 Å². The molecule has 0 N–H and O–H groups in total. The maximum Gasteiger partial charge on any atom is 0.446 e. The summed E-state index contributed by atoms with van der Waals surface area (Å²) in [5.41, 5.74) is 0.